The zero-order valence-corrected chi connectivity index (χ0v) is 35.8. The van der Waals surface area contributed by atoms with Crippen molar-refractivity contribution >= 4 is 22.1 Å². The summed E-state index contributed by atoms with van der Waals surface area (Å²) in [5.41, 5.74) is 0. The molecule has 4 N–H and O–H groups in total. The standard InChI is InChI=1S/C43H80O12S/c1-3-5-7-9-11-13-15-17-19-21-23-25-27-29-31-38(44)52-33-36(34-53-43-42(48)41(47)40(46)37(55-43)35-56(49,50)51)54-39(45)32-30-28-26-24-22-20-18-16-14-12-10-8-6-4-2/h16,18,36-37,40-43,46-48H,3-15,17,19-35H2,1-2H3,(H,49,50,51)/b18-16+/t36-,37-,40-,41?,42?,43+/m1/s1. The fourth-order valence-corrected chi connectivity index (χ4v) is 7.54. The Labute approximate surface area is 339 Å². The third-order valence-corrected chi connectivity index (χ3v) is 11.1. The van der Waals surface area contributed by atoms with Crippen molar-refractivity contribution in [1.29, 1.82) is 0 Å². The molecule has 0 spiro atoms. The zero-order chi connectivity index (χ0) is 41.3. The van der Waals surface area contributed by atoms with E-state index in [0.717, 1.165) is 57.8 Å². The third-order valence-electron chi connectivity index (χ3n) is 10.3. The molecule has 0 amide bonds. The van der Waals surface area contributed by atoms with Gasteiger partial charge in [-0.05, 0) is 38.5 Å². The van der Waals surface area contributed by atoms with Crippen molar-refractivity contribution in [1.82, 2.24) is 0 Å². The molecular formula is C43H80O12S. The van der Waals surface area contributed by atoms with Crippen LogP contribution in [-0.2, 0) is 38.7 Å². The van der Waals surface area contributed by atoms with E-state index in [0.29, 0.717) is 12.8 Å². The van der Waals surface area contributed by atoms with Crippen LogP contribution in [0.25, 0.3) is 0 Å². The minimum atomic E-state index is -4.60. The summed E-state index contributed by atoms with van der Waals surface area (Å²) in [6.45, 7) is 3.75. The smallest absolute Gasteiger partial charge is 0.306 e. The normalized spacial score (nSPS) is 20.7. The van der Waals surface area contributed by atoms with Gasteiger partial charge in [0.25, 0.3) is 10.1 Å². The van der Waals surface area contributed by atoms with Crippen LogP contribution in [-0.4, -0.2) is 96.0 Å². The highest BCUT2D eigenvalue weighted by Crippen LogP contribution is 2.24. The SMILES string of the molecule is CCCCCCC/C=C/CCCCCCCC(=O)O[C@H](COC(=O)CCCCCCCCCCCCCCCC)CO[C@H]1O[C@H](CS(=O)(=O)O)[C@@H](O)C(O)C1O. The molecule has 1 fully saturated rings. The maximum absolute atomic E-state index is 12.8. The molecule has 2 unspecified atom stereocenters. The molecule has 0 radical (unpaired) electrons. The largest absolute Gasteiger partial charge is 0.462 e. The van der Waals surface area contributed by atoms with Crippen LogP contribution in [0.15, 0.2) is 12.2 Å². The maximum Gasteiger partial charge on any atom is 0.306 e. The highest BCUT2D eigenvalue weighted by Gasteiger charge is 2.46. The van der Waals surface area contributed by atoms with Crippen molar-refractivity contribution in [2.24, 2.45) is 0 Å². The molecule has 0 aromatic rings. The Balaban J connectivity index is 2.46. The molecule has 0 aliphatic carbocycles. The van der Waals surface area contributed by atoms with Crippen molar-refractivity contribution in [3.05, 3.63) is 12.2 Å². The predicted octanol–water partition coefficient (Wildman–Crippen LogP) is 8.67. The monoisotopic (exact) mass is 821 g/mol. The first-order valence-corrected chi connectivity index (χ1v) is 23.9. The van der Waals surface area contributed by atoms with Crippen molar-refractivity contribution in [2.45, 2.75) is 230 Å². The first kappa shape index (κ1) is 52.4. The maximum atomic E-state index is 12.8. The second-order valence-corrected chi connectivity index (χ2v) is 17.2. The third kappa shape index (κ3) is 28.7. The highest BCUT2D eigenvalue weighted by molar-refractivity contribution is 7.85. The van der Waals surface area contributed by atoms with Crippen LogP contribution in [0.2, 0.25) is 0 Å². The number of rotatable bonds is 37. The first-order chi connectivity index (χ1) is 27.0. The van der Waals surface area contributed by atoms with Gasteiger partial charge in [0.2, 0.25) is 0 Å². The van der Waals surface area contributed by atoms with E-state index in [4.69, 9.17) is 18.9 Å². The lowest BCUT2D eigenvalue weighted by Gasteiger charge is -2.40. The number of carbonyl (C=O) groups excluding carboxylic acids is 2. The predicted molar refractivity (Wildman–Crippen MR) is 220 cm³/mol. The van der Waals surface area contributed by atoms with Crippen LogP contribution in [0.5, 0.6) is 0 Å². The minimum absolute atomic E-state index is 0.158. The summed E-state index contributed by atoms with van der Waals surface area (Å²) in [7, 11) is -4.60. The average molecular weight is 821 g/mol. The number of hydrogen-bond donors (Lipinski definition) is 4. The number of allylic oxidation sites excluding steroid dienone is 2. The van der Waals surface area contributed by atoms with Gasteiger partial charge in [0.15, 0.2) is 12.4 Å². The Morgan fingerprint density at radius 2 is 1.02 bits per heavy atom. The molecule has 1 heterocycles. The van der Waals surface area contributed by atoms with Crippen molar-refractivity contribution in [3.63, 3.8) is 0 Å². The molecule has 0 saturated carbocycles. The minimum Gasteiger partial charge on any atom is -0.462 e. The van der Waals surface area contributed by atoms with Gasteiger partial charge in [0, 0.05) is 12.8 Å². The Bertz CT molecular complexity index is 1100. The molecule has 1 aliphatic rings. The first-order valence-electron chi connectivity index (χ1n) is 22.2. The molecule has 1 saturated heterocycles. The van der Waals surface area contributed by atoms with Gasteiger partial charge >= 0.3 is 11.9 Å². The van der Waals surface area contributed by atoms with Crippen molar-refractivity contribution < 1.29 is 56.8 Å². The number of aliphatic hydroxyl groups is 3. The summed E-state index contributed by atoms with van der Waals surface area (Å²) in [6, 6.07) is 0. The van der Waals surface area contributed by atoms with Crippen LogP contribution >= 0.6 is 0 Å². The van der Waals surface area contributed by atoms with E-state index in [9.17, 15) is 37.9 Å². The van der Waals surface area contributed by atoms with Gasteiger partial charge in [-0.15, -0.1) is 0 Å². The summed E-state index contributed by atoms with van der Waals surface area (Å²) in [5, 5.41) is 30.8. The number of unbranched alkanes of at least 4 members (excludes halogenated alkanes) is 23. The molecule has 13 heteroatoms. The highest BCUT2D eigenvalue weighted by atomic mass is 32.2. The van der Waals surface area contributed by atoms with E-state index >= 15 is 0 Å². The molecule has 6 atom stereocenters. The molecule has 0 aromatic carbocycles. The topological polar surface area (TPSA) is 186 Å². The van der Waals surface area contributed by atoms with E-state index < -0.39 is 71.2 Å². The lowest BCUT2D eigenvalue weighted by Crippen LogP contribution is -2.60. The van der Waals surface area contributed by atoms with Crippen LogP contribution in [0.3, 0.4) is 0 Å². The Hall–Kier alpha value is -1.61. The lowest BCUT2D eigenvalue weighted by molar-refractivity contribution is -0.297. The Morgan fingerprint density at radius 3 is 1.48 bits per heavy atom. The molecule has 0 aromatic heterocycles. The molecule has 1 aliphatic heterocycles. The second-order valence-electron chi connectivity index (χ2n) is 15.7. The van der Waals surface area contributed by atoms with Gasteiger partial charge in [0.05, 0.1) is 6.61 Å². The number of ether oxygens (including phenoxy) is 4. The summed E-state index contributed by atoms with van der Waals surface area (Å²) in [5.74, 6) is -1.98. The van der Waals surface area contributed by atoms with E-state index in [2.05, 4.69) is 26.0 Å². The van der Waals surface area contributed by atoms with Gasteiger partial charge < -0.3 is 34.3 Å². The van der Waals surface area contributed by atoms with Crippen molar-refractivity contribution in [3.8, 4) is 0 Å². The van der Waals surface area contributed by atoms with E-state index in [1.807, 2.05) is 0 Å². The second kappa shape index (κ2) is 34.3. The van der Waals surface area contributed by atoms with Gasteiger partial charge in [-0.3, -0.25) is 14.1 Å². The summed E-state index contributed by atoms with van der Waals surface area (Å²) in [4.78, 5) is 25.3. The molecule has 56 heavy (non-hydrogen) atoms. The lowest BCUT2D eigenvalue weighted by atomic mass is 10.00. The summed E-state index contributed by atoms with van der Waals surface area (Å²) >= 11 is 0. The number of esters is 2. The Kier molecular flexibility index (Phi) is 32.1. The van der Waals surface area contributed by atoms with Gasteiger partial charge in [-0.25, -0.2) is 0 Å². The van der Waals surface area contributed by atoms with Gasteiger partial charge in [-0.2, -0.15) is 8.42 Å². The number of carbonyl (C=O) groups is 2. The van der Waals surface area contributed by atoms with Gasteiger partial charge in [0.1, 0.15) is 36.8 Å². The Morgan fingerprint density at radius 1 is 0.589 bits per heavy atom. The molecular weight excluding hydrogens is 741 g/mol. The molecule has 12 nitrogen and oxygen atoms in total. The average Bonchev–Trinajstić information content (AvgIpc) is 3.16. The molecule has 1 rings (SSSR count). The van der Waals surface area contributed by atoms with Gasteiger partial charge in [-0.1, -0.05) is 154 Å². The molecule has 330 valence electrons. The zero-order valence-electron chi connectivity index (χ0n) is 35.0. The number of aliphatic hydroxyl groups excluding tert-OH is 3. The van der Waals surface area contributed by atoms with Crippen LogP contribution in [0.4, 0.5) is 0 Å². The summed E-state index contributed by atoms with van der Waals surface area (Å²) < 4.78 is 54.0. The molecule has 0 bridgehead atoms. The van der Waals surface area contributed by atoms with Crippen LogP contribution in [0, 0.1) is 0 Å². The van der Waals surface area contributed by atoms with E-state index in [-0.39, 0.29) is 19.4 Å². The summed E-state index contributed by atoms with van der Waals surface area (Å²) in [6.07, 6.45) is 25.4. The van der Waals surface area contributed by atoms with Crippen molar-refractivity contribution in [2.75, 3.05) is 19.0 Å². The van der Waals surface area contributed by atoms with Crippen LogP contribution in [0.1, 0.15) is 194 Å². The fraction of sp³-hybridized carbons (Fsp3) is 0.907. The van der Waals surface area contributed by atoms with E-state index in [1.54, 1.807) is 0 Å². The van der Waals surface area contributed by atoms with Crippen LogP contribution < -0.4 is 0 Å². The fourth-order valence-electron chi connectivity index (χ4n) is 6.85. The van der Waals surface area contributed by atoms with E-state index in [1.165, 1.54) is 96.3 Å². The number of hydrogen-bond acceptors (Lipinski definition) is 11. The quantitative estimate of drug-likeness (QED) is 0.0203.